The molecular weight excluding hydrogens is 406 g/mol. The first-order valence-corrected chi connectivity index (χ1v) is 10.2. The van der Waals surface area contributed by atoms with Gasteiger partial charge < -0.3 is 9.47 Å². The van der Waals surface area contributed by atoms with Gasteiger partial charge in [-0.15, -0.1) is 0 Å². The Kier molecular flexibility index (Phi) is 4.98. The third kappa shape index (κ3) is 3.16. The maximum Gasteiger partial charge on any atom is 0.137 e. The molecule has 5 aromatic carbocycles. The van der Waals surface area contributed by atoms with E-state index in [1.165, 1.54) is 19.2 Å². The molecule has 5 rings (SSSR count). The van der Waals surface area contributed by atoms with E-state index in [0.717, 1.165) is 38.4 Å². The standard InChI is InChI=1S/C28H20F2O2/c1-31-18-13-11-17(12-14-18)26-20-7-3-5-9-22(20)27(23-10-6-4-8-21(23)26)28-24(29)15-19(32-2)16-25(28)30/h3-16H,1-2H3. The van der Waals surface area contributed by atoms with Gasteiger partial charge in [0, 0.05) is 17.7 Å². The van der Waals surface area contributed by atoms with E-state index in [-0.39, 0.29) is 11.3 Å². The fourth-order valence-electron chi connectivity index (χ4n) is 4.37. The Balaban J connectivity index is 1.93. The highest BCUT2D eigenvalue weighted by molar-refractivity contribution is 6.21. The molecule has 0 spiro atoms. The van der Waals surface area contributed by atoms with Gasteiger partial charge in [-0.2, -0.15) is 0 Å². The first-order valence-electron chi connectivity index (χ1n) is 10.2. The van der Waals surface area contributed by atoms with Gasteiger partial charge in [0.2, 0.25) is 0 Å². The largest absolute Gasteiger partial charge is 0.497 e. The molecule has 2 nitrogen and oxygen atoms in total. The summed E-state index contributed by atoms with van der Waals surface area (Å²) in [4.78, 5) is 0. The molecule has 0 aromatic heterocycles. The average Bonchev–Trinajstić information content (AvgIpc) is 2.83. The number of methoxy groups -OCH3 is 2. The fraction of sp³-hybridized carbons (Fsp3) is 0.0714. The molecule has 0 radical (unpaired) electrons. The molecule has 0 aliphatic rings. The molecule has 0 bridgehead atoms. The molecule has 32 heavy (non-hydrogen) atoms. The third-order valence-corrected chi connectivity index (χ3v) is 5.81. The van der Waals surface area contributed by atoms with E-state index in [1.54, 1.807) is 7.11 Å². The van der Waals surface area contributed by atoms with Crippen molar-refractivity contribution in [1.29, 1.82) is 0 Å². The van der Waals surface area contributed by atoms with Crippen molar-refractivity contribution in [3.05, 3.63) is 96.6 Å². The maximum atomic E-state index is 15.2. The van der Waals surface area contributed by atoms with Crippen LogP contribution in [0.4, 0.5) is 8.78 Å². The van der Waals surface area contributed by atoms with Crippen molar-refractivity contribution in [3.63, 3.8) is 0 Å². The van der Waals surface area contributed by atoms with Gasteiger partial charge in [-0.05, 0) is 44.8 Å². The van der Waals surface area contributed by atoms with Crippen LogP contribution in [-0.2, 0) is 0 Å². The zero-order chi connectivity index (χ0) is 22.2. The van der Waals surface area contributed by atoms with E-state index < -0.39 is 11.6 Å². The minimum absolute atomic E-state index is 0.0560. The van der Waals surface area contributed by atoms with E-state index in [9.17, 15) is 0 Å². The molecule has 0 amide bonds. The van der Waals surface area contributed by atoms with Crippen molar-refractivity contribution < 1.29 is 18.3 Å². The van der Waals surface area contributed by atoms with Crippen LogP contribution in [-0.4, -0.2) is 14.2 Å². The lowest BCUT2D eigenvalue weighted by atomic mass is 9.85. The summed E-state index contributed by atoms with van der Waals surface area (Å²) in [5, 5.41) is 3.39. The summed E-state index contributed by atoms with van der Waals surface area (Å²) in [7, 11) is 3.02. The Labute approximate surface area is 184 Å². The van der Waals surface area contributed by atoms with Gasteiger partial charge in [0.1, 0.15) is 23.1 Å². The molecule has 0 aliphatic heterocycles. The Morgan fingerprint density at radius 3 is 1.38 bits per heavy atom. The summed E-state index contributed by atoms with van der Waals surface area (Å²) in [6.07, 6.45) is 0. The monoisotopic (exact) mass is 426 g/mol. The van der Waals surface area contributed by atoms with Crippen LogP contribution >= 0.6 is 0 Å². The van der Waals surface area contributed by atoms with Crippen LogP contribution in [0.1, 0.15) is 0 Å². The highest BCUT2D eigenvalue weighted by atomic mass is 19.1. The van der Waals surface area contributed by atoms with Crippen molar-refractivity contribution in [2.45, 2.75) is 0 Å². The van der Waals surface area contributed by atoms with Crippen molar-refractivity contribution in [3.8, 4) is 33.8 Å². The highest BCUT2D eigenvalue weighted by Crippen LogP contribution is 2.45. The molecule has 0 saturated carbocycles. The van der Waals surface area contributed by atoms with Crippen LogP contribution < -0.4 is 9.47 Å². The van der Waals surface area contributed by atoms with Crippen molar-refractivity contribution in [2.75, 3.05) is 14.2 Å². The minimum atomic E-state index is -0.658. The summed E-state index contributed by atoms with van der Waals surface area (Å²) in [6, 6.07) is 25.7. The SMILES string of the molecule is COc1ccc(-c2c3ccccc3c(-c3c(F)cc(OC)cc3F)c3ccccc23)cc1. The molecule has 0 fully saturated rings. The third-order valence-electron chi connectivity index (χ3n) is 5.81. The number of hydrogen-bond acceptors (Lipinski definition) is 2. The fourth-order valence-corrected chi connectivity index (χ4v) is 4.37. The van der Waals surface area contributed by atoms with Crippen LogP contribution in [0.2, 0.25) is 0 Å². The molecular formula is C28H20F2O2. The van der Waals surface area contributed by atoms with Crippen molar-refractivity contribution in [1.82, 2.24) is 0 Å². The first-order chi connectivity index (χ1) is 15.6. The second kappa shape index (κ2) is 7.97. The summed E-state index contributed by atoms with van der Waals surface area (Å²) in [6.45, 7) is 0. The zero-order valence-electron chi connectivity index (χ0n) is 17.7. The van der Waals surface area contributed by atoms with Gasteiger partial charge in [0.05, 0.1) is 19.8 Å². The van der Waals surface area contributed by atoms with Crippen molar-refractivity contribution in [2.24, 2.45) is 0 Å². The van der Waals surface area contributed by atoms with E-state index in [4.69, 9.17) is 9.47 Å². The number of rotatable bonds is 4. The van der Waals surface area contributed by atoms with E-state index in [1.807, 2.05) is 72.8 Å². The predicted octanol–water partition coefficient (Wildman–Crippen LogP) is 7.62. The van der Waals surface area contributed by atoms with Gasteiger partial charge in [0.25, 0.3) is 0 Å². The van der Waals surface area contributed by atoms with Gasteiger partial charge in [-0.3, -0.25) is 0 Å². The first kappa shape index (κ1) is 20.0. The number of benzene rings is 5. The Hall–Kier alpha value is -3.92. The summed E-state index contributed by atoms with van der Waals surface area (Å²) in [5.74, 6) is -0.405. The van der Waals surface area contributed by atoms with Crippen LogP contribution in [0.3, 0.4) is 0 Å². The lowest BCUT2D eigenvalue weighted by molar-refractivity contribution is 0.407. The normalized spacial score (nSPS) is 11.1. The Bertz CT molecular complexity index is 1380. The topological polar surface area (TPSA) is 18.5 Å². The molecule has 5 aromatic rings. The lowest BCUT2D eigenvalue weighted by Gasteiger charge is -2.18. The van der Waals surface area contributed by atoms with Crippen molar-refractivity contribution >= 4 is 21.5 Å². The van der Waals surface area contributed by atoms with Crippen LogP contribution in [0.5, 0.6) is 11.5 Å². The highest BCUT2D eigenvalue weighted by Gasteiger charge is 2.21. The summed E-state index contributed by atoms with van der Waals surface area (Å²) in [5.41, 5.74) is 2.49. The molecule has 0 saturated heterocycles. The lowest BCUT2D eigenvalue weighted by Crippen LogP contribution is -1.97. The second-order valence-electron chi connectivity index (χ2n) is 7.54. The Morgan fingerprint density at radius 2 is 0.938 bits per heavy atom. The smallest absolute Gasteiger partial charge is 0.137 e. The quantitative estimate of drug-likeness (QED) is 0.275. The average molecular weight is 426 g/mol. The minimum Gasteiger partial charge on any atom is -0.497 e. The van der Waals surface area contributed by atoms with Crippen LogP contribution in [0, 0.1) is 11.6 Å². The summed E-state index contributed by atoms with van der Waals surface area (Å²) >= 11 is 0. The molecule has 0 aliphatic carbocycles. The number of halogens is 2. The number of ether oxygens (including phenoxy) is 2. The Morgan fingerprint density at radius 1 is 0.500 bits per heavy atom. The van der Waals surface area contributed by atoms with Gasteiger partial charge >= 0.3 is 0 Å². The predicted molar refractivity (Wildman–Crippen MR) is 125 cm³/mol. The van der Waals surface area contributed by atoms with Crippen LogP contribution in [0.25, 0.3) is 43.8 Å². The van der Waals surface area contributed by atoms with Gasteiger partial charge in [-0.1, -0.05) is 60.7 Å². The zero-order valence-corrected chi connectivity index (χ0v) is 17.7. The molecule has 0 atom stereocenters. The molecule has 0 heterocycles. The van der Waals surface area contributed by atoms with Gasteiger partial charge in [0.15, 0.2) is 0 Å². The molecule has 0 unspecified atom stereocenters. The summed E-state index contributed by atoms with van der Waals surface area (Å²) < 4.78 is 40.8. The van der Waals surface area contributed by atoms with E-state index >= 15 is 8.78 Å². The number of hydrogen-bond donors (Lipinski definition) is 0. The molecule has 0 N–H and O–H groups in total. The molecule has 4 heteroatoms. The van der Waals surface area contributed by atoms with E-state index in [0.29, 0.717) is 5.56 Å². The van der Waals surface area contributed by atoms with Crippen LogP contribution in [0.15, 0.2) is 84.9 Å². The number of fused-ring (bicyclic) bond motifs is 2. The maximum absolute atomic E-state index is 15.2. The van der Waals surface area contributed by atoms with Gasteiger partial charge in [-0.25, -0.2) is 8.78 Å². The molecule has 158 valence electrons. The second-order valence-corrected chi connectivity index (χ2v) is 7.54. The van der Waals surface area contributed by atoms with E-state index in [2.05, 4.69) is 0 Å².